The van der Waals surface area contributed by atoms with E-state index in [1.165, 1.54) is 38.5 Å². The topological polar surface area (TPSA) is 26.0 Å². The third-order valence-corrected chi connectivity index (χ3v) is 3.20. The van der Waals surface area contributed by atoms with Gasteiger partial charge in [0.25, 0.3) is 0 Å². The lowest BCUT2D eigenvalue weighted by molar-refractivity contribution is 0.244. The molecule has 1 aliphatic rings. The number of hydrogen-bond donors (Lipinski definition) is 1. The molecule has 1 fully saturated rings. The second kappa shape index (κ2) is 4.86. The fraction of sp³-hybridized carbons (Fsp3) is 1.00. The van der Waals surface area contributed by atoms with Crippen LogP contribution < -0.4 is 5.73 Å². The zero-order chi connectivity index (χ0) is 8.97. The first-order valence-electron chi connectivity index (χ1n) is 5.45. The van der Waals surface area contributed by atoms with Gasteiger partial charge in [-0.05, 0) is 25.2 Å². The van der Waals surface area contributed by atoms with E-state index in [-0.39, 0.29) is 0 Å². The van der Waals surface area contributed by atoms with Gasteiger partial charge in [-0.2, -0.15) is 0 Å². The summed E-state index contributed by atoms with van der Waals surface area (Å²) < 4.78 is 0. The molecule has 1 saturated carbocycles. The predicted molar refractivity (Wildman–Crippen MR) is 54.0 cm³/mol. The standard InChI is InChI=1S/C11H23N/c1-9(8-10(2)12)11-6-4-3-5-7-11/h9-11H,3-8,12H2,1-2H3. The molecular formula is C11H23N. The molecule has 1 rings (SSSR count). The lowest BCUT2D eigenvalue weighted by Crippen LogP contribution is -2.24. The molecule has 2 atom stereocenters. The normalized spacial score (nSPS) is 25.2. The first kappa shape index (κ1) is 10.0. The first-order valence-corrected chi connectivity index (χ1v) is 5.45. The van der Waals surface area contributed by atoms with E-state index >= 15 is 0 Å². The van der Waals surface area contributed by atoms with Gasteiger partial charge in [-0.25, -0.2) is 0 Å². The second-order valence-electron chi connectivity index (χ2n) is 4.59. The van der Waals surface area contributed by atoms with Gasteiger partial charge in [0.2, 0.25) is 0 Å². The molecule has 72 valence electrons. The van der Waals surface area contributed by atoms with Crippen molar-refractivity contribution in [1.82, 2.24) is 0 Å². The molecule has 2 unspecified atom stereocenters. The van der Waals surface area contributed by atoms with Crippen LogP contribution in [0.1, 0.15) is 52.4 Å². The van der Waals surface area contributed by atoms with Gasteiger partial charge >= 0.3 is 0 Å². The smallest absolute Gasteiger partial charge is 0.00131 e. The average Bonchev–Trinajstić information content (AvgIpc) is 2.05. The van der Waals surface area contributed by atoms with E-state index in [2.05, 4.69) is 13.8 Å². The van der Waals surface area contributed by atoms with Crippen molar-refractivity contribution in [3.05, 3.63) is 0 Å². The van der Waals surface area contributed by atoms with Gasteiger partial charge < -0.3 is 5.73 Å². The van der Waals surface area contributed by atoms with E-state index in [9.17, 15) is 0 Å². The molecule has 0 saturated heterocycles. The van der Waals surface area contributed by atoms with E-state index in [4.69, 9.17) is 5.73 Å². The van der Waals surface area contributed by atoms with E-state index < -0.39 is 0 Å². The summed E-state index contributed by atoms with van der Waals surface area (Å²) in [5.74, 6) is 1.83. The average molecular weight is 169 g/mol. The quantitative estimate of drug-likeness (QED) is 0.690. The Bertz CT molecular complexity index is 114. The monoisotopic (exact) mass is 169 g/mol. The molecular weight excluding hydrogens is 146 g/mol. The van der Waals surface area contributed by atoms with Crippen molar-refractivity contribution in [1.29, 1.82) is 0 Å². The summed E-state index contributed by atoms with van der Waals surface area (Å²) in [6, 6.07) is 0.391. The highest BCUT2D eigenvalue weighted by molar-refractivity contribution is 4.73. The van der Waals surface area contributed by atoms with Gasteiger partial charge in [0.05, 0.1) is 0 Å². The molecule has 0 amide bonds. The van der Waals surface area contributed by atoms with Crippen molar-refractivity contribution < 1.29 is 0 Å². The Labute approximate surface area is 76.7 Å². The van der Waals surface area contributed by atoms with Crippen LogP contribution in [0.5, 0.6) is 0 Å². The van der Waals surface area contributed by atoms with Gasteiger partial charge in [-0.3, -0.25) is 0 Å². The molecule has 0 aromatic rings. The Kier molecular flexibility index (Phi) is 4.07. The maximum atomic E-state index is 5.80. The number of rotatable bonds is 3. The highest BCUT2D eigenvalue weighted by atomic mass is 14.6. The molecule has 0 heterocycles. The first-order chi connectivity index (χ1) is 5.70. The number of nitrogens with two attached hydrogens (primary N) is 1. The largest absolute Gasteiger partial charge is 0.328 e. The lowest BCUT2D eigenvalue weighted by Gasteiger charge is -2.28. The molecule has 1 nitrogen and oxygen atoms in total. The van der Waals surface area contributed by atoms with Crippen LogP contribution in [0, 0.1) is 11.8 Å². The summed E-state index contributed by atoms with van der Waals surface area (Å²) in [6.45, 7) is 4.50. The minimum absolute atomic E-state index is 0.391. The van der Waals surface area contributed by atoms with E-state index in [0.717, 1.165) is 11.8 Å². The summed E-state index contributed by atoms with van der Waals surface area (Å²) in [7, 11) is 0. The third kappa shape index (κ3) is 3.14. The van der Waals surface area contributed by atoms with Gasteiger partial charge in [-0.1, -0.05) is 39.0 Å². The van der Waals surface area contributed by atoms with Crippen LogP contribution >= 0.6 is 0 Å². The Morgan fingerprint density at radius 1 is 1.17 bits per heavy atom. The molecule has 0 aromatic carbocycles. The Morgan fingerprint density at radius 3 is 2.25 bits per heavy atom. The Balaban J connectivity index is 2.24. The minimum Gasteiger partial charge on any atom is -0.328 e. The predicted octanol–water partition coefficient (Wildman–Crippen LogP) is 2.94. The van der Waals surface area contributed by atoms with Gasteiger partial charge in [0, 0.05) is 6.04 Å². The van der Waals surface area contributed by atoms with Crippen molar-refractivity contribution in [2.24, 2.45) is 17.6 Å². The molecule has 1 heteroatoms. The van der Waals surface area contributed by atoms with Crippen LogP contribution in [-0.4, -0.2) is 6.04 Å². The van der Waals surface area contributed by atoms with Crippen molar-refractivity contribution in [3.63, 3.8) is 0 Å². The molecule has 2 N–H and O–H groups in total. The molecule has 1 aliphatic carbocycles. The zero-order valence-corrected chi connectivity index (χ0v) is 8.55. The van der Waals surface area contributed by atoms with E-state index in [0.29, 0.717) is 6.04 Å². The van der Waals surface area contributed by atoms with Crippen molar-refractivity contribution in [2.75, 3.05) is 0 Å². The Hall–Kier alpha value is -0.0400. The molecule has 0 spiro atoms. The van der Waals surface area contributed by atoms with Crippen LogP contribution in [0.25, 0.3) is 0 Å². The minimum atomic E-state index is 0.391. The van der Waals surface area contributed by atoms with Crippen LogP contribution in [0.4, 0.5) is 0 Å². The third-order valence-electron chi connectivity index (χ3n) is 3.20. The highest BCUT2D eigenvalue weighted by Gasteiger charge is 2.20. The van der Waals surface area contributed by atoms with Crippen molar-refractivity contribution in [2.45, 2.75) is 58.4 Å². The number of hydrogen-bond acceptors (Lipinski definition) is 1. The maximum Gasteiger partial charge on any atom is 0.00131 e. The van der Waals surface area contributed by atoms with Crippen LogP contribution in [0.15, 0.2) is 0 Å². The summed E-state index contributed by atoms with van der Waals surface area (Å²) in [5.41, 5.74) is 5.80. The SMILES string of the molecule is CC(N)CC(C)C1CCCCC1. The summed E-state index contributed by atoms with van der Waals surface area (Å²) in [5, 5.41) is 0. The molecule has 0 aliphatic heterocycles. The van der Waals surface area contributed by atoms with Gasteiger partial charge in [-0.15, -0.1) is 0 Å². The maximum absolute atomic E-state index is 5.80. The fourth-order valence-electron chi connectivity index (χ4n) is 2.48. The summed E-state index contributed by atoms with van der Waals surface area (Å²) >= 11 is 0. The fourth-order valence-corrected chi connectivity index (χ4v) is 2.48. The van der Waals surface area contributed by atoms with Crippen molar-refractivity contribution in [3.8, 4) is 0 Å². The van der Waals surface area contributed by atoms with Gasteiger partial charge in [0.1, 0.15) is 0 Å². The molecule has 0 aromatic heterocycles. The van der Waals surface area contributed by atoms with Gasteiger partial charge in [0.15, 0.2) is 0 Å². The Morgan fingerprint density at radius 2 is 1.75 bits per heavy atom. The summed E-state index contributed by atoms with van der Waals surface area (Å²) in [6.07, 6.45) is 8.48. The van der Waals surface area contributed by atoms with Crippen molar-refractivity contribution >= 4 is 0 Å². The second-order valence-corrected chi connectivity index (χ2v) is 4.59. The lowest BCUT2D eigenvalue weighted by atomic mass is 9.78. The van der Waals surface area contributed by atoms with E-state index in [1.807, 2.05) is 0 Å². The van der Waals surface area contributed by atoms with Crippen LogP contribution in [0.2, 0.25) is 0 Å². The molecule has 0 bridgehead atoms. The highest BCUT2D eigenvalue weighted by Crippen LogP contribution is 2.31. The van der Waals surface area contributed by atoms with Crippen LogP contribution in [0.3, 0.4) is 0 Å². The molecule has 12 heavy (non-hydrogen) atoms. The zero-order valence-electron chi connectivity index (χ0n) is 8.55. The van der Waals surface area contributed by atoms with E-state index in [1.54, 1.807) is 0 Å². The van der Waals surface area contributed by atoms with Crippen LogP contribution in [-0.2, 0) is 0 Å². The summed E-state index contributed by atoms with van der Waals surface area (Å²) in [4.78, 5) is 0. The molecule has 0 radical (unpaired) electrons.